The molecule has 0 heterocycles. The van der Waals surface area contributed by atoms with Crippen LogP contribution in [0.25, 0.3) is 0 Å². The van der Waals surface area contributed by atoms with Crippen LogP contribution < -0.4 is 14.8 Å². The number of hydrogen-bond acceptors (Lipinski definition) is 3. The van der Waals surface area contributed by atoms with Crippen LogP contribution in [0.3, 0.4) is 0 Å². The second-order valence-electron chi connectivity index (χ2n) is 5.52. The van der Waals surface area contributed by atoms with Gasteiger partial charge in [-0.2, -0.15) is 0 Å². The van der Waals surface area contributed by atoms with Crippen LogP contribution in [-0.4, -0.2) is 19.1 Å². The molecule has 0 aliphatic heterocycles. The van der Waals surface area contributed by atoms with Gasteiger partial charge < -0.3 is 14.8 Å². The molecule has 4 nitrogen and oxygen atoms in total. The van der Waals surface area contributed by atoms with Crippen molar-refractivity contribution in [2.75, 3.05) is 12.4 Å². The van der Waals surface area contributed by atoms with Crippen molar-refractivity contribution in [2.24, 2.45) is 0 Å². The van der Waals surface area contributed by atoms with Gasteiger partial charge >= 0.3 is 0 Å². The number of aryl methyl sites for hydroxylation is 2. The first kappa shape index (κ1) is 16.9. The molecule has 0 saturated heterocycles. The molecule has 1 atom stereocenters. The average molecular weight is 313 g/mol. The molecule has 0 aliphatic rings. The van der Waals surface area contributed by atoms with E-state index < -0.39 is 6.10 Å². The van der Waals surface area contributed by atoms with Crippen LogP contribution in [0.2, 0.25) is 0 Å². The molecule has 1 amide bonds. The molecule has 4 heteroatoms. The standard InChI is InChI=1S/C19H23NO3/c1-5-17(23-15-8-6-7-13(2)11-15)19(21)20-16-12-14(3)9-10-18(16)22-4/h6-12,17H,5H2,1-4H3,(H,20,21)/t17-/m1/s1. The Balaban J connectivity index is 2.13. The fourth-order valence-corrected chi connectivity index (χ4v) is 2.31. The molecule has 23 heavy (non-hydrogen) atoms. The van der Waals surface area contributed by atoms with Gasteiger partial charge in [-0.3, -0.25) is 4.79 Å². The van der Waals surface area contributed by atoms with E-state index in [2.05, 4.69) is 5.32 Å². The quantitative estimate of drug-likeness (QED) is 0.873. The number of carbonyl (C=O) groups is 1. The first-order valence-corrected chi connectivity index (χ1v) is 7.72. The lowest BCUT2D eigenvalue weighted by atomic mass is 10.2. The van der Waals surface area contributed by atoms with Gasteiger partial charge in [-0.15, -0.1) is 0 Å². The topological polar surface area (TPSA) is 47.6 Å². The Morgan fingerprint density at radius 2 is 1.87 bits per heavy atom. The number of benzene rings is 2. The van der Waals surface area contributed by atoms with Gasteiger partial charge in [-0.25, -0.2) is 0 Å². The SMILES string of the molecule is CC[C@@H](Oc1cccc(C)c1)C(=O)Nc1cc(C)ccc1OC. The third-order valence-electron chi connectivity index (χ3n) is 3.54. The lowest BCUT2D eigenvalue weighted by Crippen LogP contribution is -2.32. The molecule has 0 unspecified atom stereocenters. The van der Waals surface area contributed by atoms with Crippen molar-refractivity contribution < 1.29 is 14.3 Å². The monoisotopic (exact) mass is 313 g/mol. The number of amides is 1. The largest absolute Gasteiger partial charge is 0.495 e. The molecule has 0 saturated carbocycles. The van der Waals surface area contributed by atoms with Crippen LogP contribution in [-0.2, 0) is 4.79 Å². The summed E-state index contributed by atoms with van der Waals surface area (Å²) < 4.78 is 11.1. The van der Waals surface area contributed by atoms with E-state index in [0.717, 1.165) is 11.1 Å². The molecular formula is C19H23NO3. The van der Waals surface area contributed by atoms with E-state index in [1.54, 1.807) is 7.11 Å². The summed E-state index contributed by atoms with van der Waals surface area (Å²) in [6, 6.07) is 13.3. The minimum Gasteiger partial charge on any atom is -0.495 e. The molecule has 2 rings (SSSR count). The number of hydrogen-bond donors (Lipinski definition) is 1. The maximum atomic E-state index is 12.5. The third kappa shape index (κ3) is 4.49. The first-order chi connectivity index (χ1) is 11.0. The van der Waals surface area contributed by atoms with Crippen molar-refractivity contribution in [3.8, 4) is 11.5 Å². The van der Waals surface area contributed by atoms with Crippen molar-refractivity contribution in [1.29, 1.82) is 0 Å². The number of carbonyl (C=O) groups excluding carboxylic acids is 1. The summed E-state index contributed by atoms with van der Waals surface area (Å²) in [7, 11) is 1.58. The number of nitrogens with one attached hydrogen (secondary N) is 1. The minimum absolute atomic E-state index is 0.182. The molecule has 0 aliphatic carbocycles. The number of rotatable bonds is 6. The zero-order valence-corrected chi connectivity index (χ0v) is 14.1. The molecule has 2 aromatic rings. The molecular weight excluding hydrogens is 290 g/mol. The highest BCUT2D eigenvalue weighted by Crippen LogP contribution is 2.26. The maximum absolute atomic E-state index is 12.5. The fraction of sp³-hybridized carbons (Fsp3) is 0.316. The summed E-state index contributed by atoms with van der Waals surface area (Å²) in [5.74, 6) is 1.15. The minimum atomic E-state index is -0.554. The van der Waals surface area contributed by atoms with Gasteiger partial charge in [0.05, 0.1) is 12.8 Å². The lowest BCUT2D eigenvalue weighted by Gasteiger charge is -2.18. The highest BCUT2D eigenvalue weighted by molar-refractivity contribution is 5.95. The highest BCUT2D eigenvalue weighted by atomic mass is 16.5. The first-order valence-electron chi connectivity index (χ1n) is 7.72. The molecule has 0 fully saturated rings. The predicted molar refractivity (Wildman–Crippen MR) is 92.2 cm³/mol. The van der Waals surface area contributed by atoms with E-state index in [1.165, 1.54) is 0 Å². The van der Waals surface area contributed by atoms with Crippen molar-refractivity contribution in [1.82, 2.24) is 0 Å². The van der Waals surface area contributed by atoms with E-state index in [1.807, 2.05) is 63.2 Å². The van der Waals surface area contributed by atoms with Crippen LogP contribution >= 0.6 is 0 Å². The Kier molecular flexibility index (Phi) is 5.63. The van der Waals surface area contributed by atoms with E-state index in [9.17, 15) is 4.79 Å². The van der Waals surface area contributed by atoms with E-state index in [-0.39, 0.29) is 5.91 Å². The fourth-order valence-electron chi connectivity index (χ4n) is 2.31. The predicted octanol–water partition coefficient (Wildman–Crippen LogP) is 4.11. The van der Waals surface area contributed by atoms with Crippen LogP contribution in [0.1, 0.15) is 24.5 Å². The summed E-state index contributed by atoms with van der Waals surface area (Å²) in [6.07, 6.45) is 0.0236. The highest BCUT2D eigenvalue weighted by Gasteiger charge is 2.20. The zero-order valence-electron chi connectivity index (χ0n) is 14.1. The van der Waals surface area contributed by atoms with Crippen molar-refractivity contribution in [3.63, 3.8) is 0 Å². The van der Waals surface area contributed by atoms with E-state index >= 15 is 0 Å². The Bertz CT molecular complexity index is 682. The molecule has 0 aromatic heterocycles. The van der Waals surface area contributed by atoms with Gasteiger partial charge in [0.2, 0.25) is 0 Å². The molecule has 0 bridgehead atoms. The van der Waals surface area contributed by atoms with Gasteiger partial charge in [0.1, 0.15) is 11.5 Å². The van der Waals surface area contributed by atoms with Gasteiger partial charge in [0.15, 0.2) is 6.10 Å². The summed E-state index contributed by atoms with van der Waals surface area (Å²) >= 11 is 0. The molecule has 0 radical (unpaired) electrons. The Hall–Kier alpha value is -2.49. The van der Waals surface area contributed by atoms with E-state index in [0.29, 0.717) is 23.6 Å². The van der Waals surface area contributed by atoms with Crippen LogP contribution in [0, 0.1) is 13.8 Å². The second-order valence-corrected chi connectivity index (χ2v) is 5.52. The number of anilines is 1. The summed E-state index contributed by atoms with van der Waals surface area (Å²) in [5, 5.41) is 2.90. The average Bonchev–Trinajstić information content (AvgIpc) is 2.53. The van der Waals surface area contributed by atoms with Gasteiger partial charge in [-0.05, 0) is 55.7 Å². The Labute approximate surface area is 137 Å². The van der Waals surface area contributed by atoms with Gasteiger partial charge in [-0.1, -0.05) is 25.1 Å². The molecule has 122 valence electrons. The Morgan fingerprint density at radius 1 is 1.13 bits per heavy atom. The maximum Gasteiger partial charge on any atom is 0.265 e. The normalized spacial score (nSPS) is 11.7. The number of ether oxygens (including phenoxy) is 2. The van der Waals surface area contributed by atoms with Crippen LogP contribution in [0.5, 0.6) is 11.5 Å². The third-order valence-corrected chi connectivity index (χ3v) is 3.54. The van der Waals surface area contributed by atoms with E-state index in [4.69, 9.17) is 9.47 Å². The van der Waals surface area contributed by atoms with Crippen LogP contribution in [0.4, 0.5) is 5.69 Å². The summed E-state index contributed by atoms with van der Waals surface area (Å²) in [4.78, 5) is 12.5. The summed E-state index contributed by atoms with van der Waals surface area (Å²) in [5.41, 5.74) is 2.80. The molecule has 0 spiro atoms. The van der Waals surface area contributed by atoms with Crippen molar-refractivity contribution in [2.45, 2.75) is 33.3 Å². The van der Waals surface area contributed by atoms with Crippen LogP contribution in [0.15, 0.2) is 42.5 Å². The summed E-state index contributed by atoms with van der Waals surface area (Å²) in [6.45, 7) is 5.88. The van der Waals surface area contributed by atoms with Gasteiger partial charge in [0, 0.05) is 0 Å². The lowest BCUT2D eigenvalue weighted by molar-refractivity contribution is -0.122. The zero-order chi connectivity index (χ0) is 16.8. The molecule has 1 N–H and O–H groups in total. The van der Waals surface area contributed by atoms with Crippen molar-refractivity contribution in [3.05, 3.63) is 53.6 Å². The Morgan fingerprint density at radius 3 is 2.52 bits per heavy atom. The number of methoxy groups -OCH3 is 1. The van der Waals surface area contributed by atoms with Gasteiger partial charge in [0.25, 0.3) is 5.91 Å². The smallest absolute Gasteiger partial charge is 0.265 e. The molecule has 2 aromatic carbocycles. The van der Waals surface area contributed by atoms with Crippen molar-refractivity contribution >= 4 is 11.6 Å². The second kappa shape index (κ2) is 7.68.